The molecule has 0 aliphatic carbocycles. The number of aliphatic hydroxyl groups is 1. The molecule has 0 aliphatic heterocycles. The van der Waals surface area contributed by atoms with E-state index in [4.69, 9.17) is 21.1 Å². The van der Waals surface area contributed by atoms with Crippen molar-refractivity contribution in [1.82, 2.24) is 0 Å². The van der Waals surface area contributed by atoms with Gasteiger partial charge in [-0.25, -0.2) is 0 Å². The van der Waals surface area contributed by atoms with E-state index in [2.05, 4.69) is 15.9 Å². The van der Waals surface area contributed by atoms with E-state index < -0.39 is 6.10 Å². The van der Waals surface area contributed by atoms with Crippen LogP contribution in [0.3, 0.4) is 0 Å². The Morgan fingerprint density at radius 3 is 2.67 bits per heavy atom. The number of aliphatic hydroxyl groups excluding tert-OH is 1. The first-order chi connectivity index (χ1) is 10.1. The largest absolute Gasteiger partial charge is 0.491 e. The zero-order valence-electron chi connectivity index (χ0n) is 11.6. The van der Waals surface area contributed by atoms with Gasteiger partial charge in [0.15, 0.2) is 0 Å². The summed E-state index contributed by atoms with van der Waals surface area (Å²) >= 11 is 9.42. The van der Waals surface area contributed by atoms with Crippen molar-refractivity contribution in [2.75, 3.05) is 20.3 Å². The zero-order valence-corrected chi connectivity index (χ0v) is 13.9. The summed E-state index contributed by atoms with van der Waals surface area (Å²) < 4.78 is 11.4. The van der Waals surface area contributed by atoms with E-state index in [1.54, 1.807) is 19.2 Å². The fourth-order valence-electron chi connectivity index (χ4n) is 1.99. The predicted molar refractivity (Wildman–Crippen MR) is 87.0 cm³/mol. The van der Waals surface area contributed by atoms with Gasteiger partial charge < -0.3 is 14.6 Å². The van der Waals surface area contributed by atoms with E-state index >= 15 is 0 Å². The molecule has 21 heavy (non-hydrogen) atoms. The summed E-state index contributed by atoms with van der Waals surface area (Å²) in [4.78, 5) is 0. The predicted octanol–water partition coefficient (Wildman–Crippen LogP) is 4.21. The van der Waals surface area contributed by atoms with E-state index in [1.165, 1.54) is 0 Å². The molecule has 0 radical (unpaired) electrons. The van der Waals surface area contributed by atoms with Gasteiger partial charge in [-0.1, -0.05) is 45.7 Å². The molecule has 3 nitrogen and oxygen atoms in total. The lowest BCUT2D eigenvalue weighted by molar-refractivity contribution is 0.142. The van der Waals surface area contributed by atoms with Crippen LogP contribution in [0.15, 0.2) is 46.9 Å². The van der Waals surface area contributed by atoms with Crippen molar-refractivity contribution >= 4 is 27.5 Å². The summed E-state index contributed by atoms with van der Waals surface area (Å²) in [6.45, 7) is 0.923. The third-order valence-corrected chi connectivity index (χ3v) is 3.64. The highest BCUT2D eigenvalue weighted by Gasteiger charge is 2.16. The van der Waals surface area contributed by atoms with Gasteiger partial charge in [-0.05, 0) is 29.8 Å². The molecule has 0 bridgehead atoms. The van der Waals surface area contributed by atoms with Gasteiger partial charge in [0, 0.05) is 22.2 Å². The smallest absolute Gasteiger partial charge is 0.125 e. The van der Waals surface area contributed by atoms with E-state index in [0.717, 1.165) is 4.47 Å². The van der Waals surface area contributed by atoms with Crippen molar-refractivity contribution in [2.24, 2.45) is 0 Å². The molecule has 0 amide bonds. The zero-order chi connectivity index (χ0) is 15.2. The molecule has 2 aromatic carbocycles. The number of ether oxygens (including phenoxy) is 2. The fraction of sp³-hybridized carbons (Fsp3) is 0.250. The van der Waals surface area contributed by atoms with E-state index in [9.17, 15) is 5.11 Å². The number of rotatable bonds is 6. The summed E-state index contributed by atoms with van der Waals surface area (Å²) in [5, 5.41) is 11.2. The van der Waals surface area contributed by atoms with Crippen LogP contribution in [0.5, 0.6) is 5.75 Å². The lowest BCUT2D eigenvalue weighted by atomic mass is 10.0. The highest BCUT2D eigenvalue weighted by atomic mass is 79.9. The van der Waals surface area contributed by atoms with Crippen LogP contribution in [0, 0.1) is 0 Å². The van der Waals surface area contributed by atoms with Gasteiger partial charge in [0.25, 0.3) is 0 Å². The Labute approximate surface area is 137 Å². The van der Waals surface area contributed by atoms with Gasteiger partial charge in [0.05, 0.1) is 6.61 Å². The van der Waals surface area contributed by atoms with Crippen LogP contribution in [0.25, 0.3) is 0 Å². The number of hydrogen-bond acceptors (Lipinski definition) is 3. The minimum Gasteiger partial charge on any atom is -0.491 e. The first-order valence-electron chi connectivity index (χ1n) is 6.46. The topological polar surface area (TPSA) is 38.7 Å². The minimum atomic E-state index is -0.807. The van der Waals surface area contributed by atoms with E-state index in [-0.39, 0.29) is 0 Å². The molecule has 112 valence electrons. The number of hydrogen-bond donors (Lipinski definition) is 1. The molecule has 0 aliphatic rings. The molecule has 0 saturated heterocycles. The SMILES string of the molecule is COCCOc1ccccc1C(O)c1cc(Cl)cc(Br)c1. The number of para-hydroxylation sites is 1. The molecule has 0 fully saturated rings. The quantitative estimate of drug-likeness (QED) is 0.773. The summed E-state index contributed by atoms with van der Waals surface area (Å²) in [5.74, 6) is 0.637. The molecular formula is C16H16BrClO3. The second-order valence-corrected chi connectivity index (χ2v) is 5.84. The van der Waals surface area contributed by atoms with Gasteiger partial charge in [0.2, 0.25) is 0 Å². The highest BCUT2D eigenvalue weighted by molar-refractivity contribution is 9.10. The molecule has 2 rings (SSSR count). The van der Waals surface area contributed by atoms with Gasteiger partial charge in [-0.15, -0.1) is 0 Å². The molecule has 0 heterocycles. The normalized spacial score (nSPS) is 12.2. The van der Waals surface area contributed by atoms with E-state index in [0.29, 0.717) is 35.1 Å². The fourth-order valence-corrected chi connectivity index (χ4v) is 2.87. The second kappa shape index (κ2) is 7.80. The number of methoxy groups -OCH3 is 1. The van der Waals surface area contributed by atoms with Crippen molar-refractivity contribution < 1.29 is 14.6 Å². The maximum absolute atomic E-state index is 10.6. The number of benzene rings is 2. The molecule has 0 saturated carbocycles. The third kappa shape index (κ3) is 4.45. The monoisotopic (exact) mass is 370 g/mol. The Morgan fingerprint density at radius 1 is 1.19 bits per heavy atom. The first-order valence-corrected chi connectivity index (χ1v) is 7.63. The lowest BCUT2D eigenvalue weighted by Gasteiger charge is -2.17. The maximum atomic E-state index is 10.6. The Bertz CT molecular complexity index is 584. The summed E-state index contributed by atoms with van der Waals surface area (Å²) in [5.41, 5.74) is 1.40. The van der Waals surface area contributed by atoms with Crippen LogP contribution in [0.2, 0.25) is 5.02 Å². The minimum absolute atomic E-state index is 0.430. The van der Waals surface area contributed by atoms with Crippen molar-refractivity contribution in [2.45, 2.75) is 6.10 Å². The summed E-state index contributed by atoms with van der Waals surface area (Å²) in [7, 11) is 1.62. The number of halogens is 2. The maximum Gasteiger partial charge on any atom is 0.125 e. The molecule has 1 unspecified atom stereocenters. The molecule has 0 aromatic heterocycles. The molecule has 1 atom stereocenters. The van der Waals surface area contributed by atoms with Crippen molar-refractivity contribution in [3.63, 3.8) is 0 Å². The molecule has 1 N–H and O–H groups in total. The second-order valence-electron chi connectivity index (χ2n) is 4.48. The third-order valence-electron chi connectivity index (χ3n) is 2.96. The van der Waals surface area contributed by atoms with Gasteiger partial charge >= 0.3 is 0 Å². The van der Waals surface area contributed by atoms with Crippen LogP contribution in [-0.2, 0) is 4.74 Å². The van der Waals surface area contributed by atoms with Gasteiger partial charge in [-0.2, -0.15) is 0 Å². The Kier molecular flexibility index (Phi) is 6.06. The molecular weight excluding hydrogens is 356 g/mol. The first kappa shape index (κ1) is 16.3. The van der Waals surface area contributed by atoms with Crippen LogP contribution in [0.1, 0.15) is 17.2 Å². The molecule has 2 aromatic rings. The Hall–Kier alpha value is -1.07. The average Bonchev–Trinajstić information content (AvgIpc) is 2.46. The average molecular weight is 372 g/mol. The van der Waals surface area contributed by atoms with Crippen molar-refractivity contribution in [3.05, 3.63) is 63.1 Å². The summed E-state index contributed by atoms with van der Waals surface area (Å²) in [6.07, 6.45) is -0.807. The lowest BCUT2D eigenvalue weighted by Crippen LogP contribution is -2.08. The van der Waals surface area contributed by atoms with Crippen LogP contribution >= 0.6 is 27.5 Å². The van der Waals surface area contributed by atoms with Crippen molar-refractivity contribution in [1.29, 1.82) is 0 Å². The van der Waals surface area contributed by atoms with Gasteiger partial charge in [-0.3, -0.25) is 0 Å². The molecule has 5 heteroatoms. The van der Waals surface area contributed by atoms with Crippen LogP contribution in [0.4, 0.5) is 0 Å². The van der Waals surface area contributed by atoms with Crippen molar-refractivity contribution in [3.8, 4) is 5.75 Å². The highest BCUT2D eigenvalue weighted by Crippen LogP contribution is 2.32. The van der Waals surface area contributed by atoms with Crippen LogP contribution < -0.4 is 4.74 Å². The Morgan fingerprint density at radius 2 is 1.95 bits per heavy atom. The Balaban J connectivity index is 2.27. The van der Waals surface area contributed by atoms with Crippen LogP contribution in [-0.4, -0.2) is 25.4 Å². The summed E-state index contributed by atoms with van der Waals surface area (Å²) in [6, 6.07) is 12.7. The standard InChI is InChI=1S/C16H16BrClO3/c1-20-6-7-21-15-5-3-2-4-14(15)16(19)11-8-12(17)10-13(18)9-11/h2-5,8-10,16,19H,6-7H2,1H3. The van der Waals surface area contributed by atoms with Gasteiger partial charge in [0.1, 0.15) is 18.5 Å². The molecule has 0 spiro atoms. The van der Waals surface area contributed by atoms with E-state index in [1.807, 2.05) is 30.3 Å².